The Balaban J connectivity index is 1.42. The molecule has 0 radical (unpaired) electrons. The fourth-order valence-electron chi connectivity index (χ4n) is 2.87. The van der Waals surface area contributed by atoms with Gasteiger partial charge in [0.25, 0.3) is 5.91 Å². The lowest BCUT2D eigenvalue weighted by atomic mass is 10.2. The molecule has 0 atom stereocenters. The number of fused-ring (bicyclic) bond motifs is 1. The van der Waals surface area contributed by atoms with E-state index in [4.69, 9.17) is 0 Å². The van der Waals surface area contributed by atoms with Crippen molar-refractivity contribution in [2.24, 2.45) is 0 Å². The van der Waals surface area contributed by atoms with Gasteiger partial charge in [-0.2, -0.15) is 0 Å². The highest BCUT2D eigenvalue weighted by Gasteiger charge is 2.15. The first kappa shape index (κ1) is 15.7. The van der Waals surface area contributed by atoms with Crippen LogP contribution in [0.4, 0.5) is 0 Å². The van der Waals surface area contributed by atoms with Gasteiger partial charge in [0.15, 0.2) is 5.13 Å². The summed E-state index contributed by atoms with van der Waals surface area (Å²) < 4.78 is 4.07. The Morgan fingerprint density at radius 3 is 2.76 bits per heavy atom. The lowest BCUT2D eigenvalue weighted by Gasteiger charge is -2.07. The number of hydrogen-bond donors (Lipinski definition) is 1. The predicted octanol–water partition coefficient (Wildman–Crippen LogP) is 3.63. The molecule has 0 aliphatic carbocycles. The van der Waals surface area contributed by atoms with Gasteiger partial charge >= 0.3 is 0 Å². The summed E-state index contributed by atoms with van der Waals surface area (Å²) in [5, 5.41) is 5.02. The van der Waals surface area contributed by atoms with E-state index in [1.54, 1.807) is 0 Å². The molecule has 1 aromatic carbocycles. The molecule has 0 fully saturated rings. The van der Waals surface area contributed by atoms with Crippen LogP contribution in [0.15, 0.2) is 61.1 Å². The van der Waals surface area contributed by atoms with Crippen molar-refractivity contribution in [1.82, 2.24) is 19.4 Å². The number of rotatable bonds is 5. The Bertz CT molecular complexity index is 1010. The maximum absolute atomic E-state index is 12.5. The van der Waals surface area contributed by atoms with E-state index >= 15 is 0 Å². The third kappa shape index (κ3) is 3.08. The fraction of sp³-hybridized carbons (Fsp3) is 0.158. The van der Waals surface area contributed by atoms with E-state index in [-0.39, 0.29) is 5.91 Å². The van der Waals surface area contributed by atoms with Crippen molar-refractivity contribution < 1.29 is 4.79 Å². The van der Waals surface area contributed by atoms with Crippen LogP contribution < -0.4 is 5.32 Å². The summed E-state index contributed by atoms with van der Waals surface area (Å²) >= 11 is 1.41. The van der Waals surface area contributed by atoms with Crippen LogP contribution in [-0.4, -0.2) is 26.6 Å². The first-order chi connectivity index (χ1) is 12.2. The zero-order chi connectivity index (χ0) is 17.2. The molecular weight excluding hydrogens is 332 g/mol. The van der Waals surface area contributed by atoms with Gasteiger partial charge in [-0.15, -0.1) is 0 Å². The maximum atomic E-state index is 12.5. The Morgan fingerprint density at radius 1 is 1.12 bits per heavy atom. The normalized spacial score (nSPS) is 11.1. The molecule has 4 rings (SSSR count). The van der Waals surface area contributed by atoms with Crippen LogP contribution in [0, 0.1) is 6.92 Å². The summed E-state index contributed by atoms with van der Waals surface area (Å²) in [5.41, 5.74) is 1.94. The molecule has 0 saturated heterocycles. The molecule has 0 saturated carbocycles. The molecule has 0 aliphatic heterocycles. The summed E-state index contributed by atoms with van der Waals surface area (Å²) in [4.78, 5) is 17.6. The lowest BCUT2D eigenvalue weighted by Crippen LogP contribution is -2.26. The minimum absolute atomic E-state index is 0.0649. The molecule has 0 spiro atoms. The molecule has 6 heteroatoms. The number of nitrogens with one attached hydrogen (secondary N) is 1. The highest BCUT2D eigenvalue weighted by atomic mass is 32.1. The summed E-state index contributed by atoms with van der Waals surface area (Å²) in [6.45, 7) is 3.19. The fourth-order valence-corrected chi connectivity index (χ4v) is 3.82. The van der Waals surface area contributed by atoms with Gasteiger partial charge in [0, 0.05) is 37.2 Å². The second kappa shape index (κ2) is 6.57. The van der Waals surface area contributed by atoms with Crippen molar-refractivity contribution in [1.29, 1.82) is 0 Å². The van der Waals surface area contributed by atoms with E-state index in [1.165, 1.54) is 22.2 Å². The van der Waals surface area contributed by atoms with Crippen LogP contribution in [0.1, 0.15) is 15.4 Å². The SMILES string of the molecule is Cc1nc(-n2cccc2)sc1C(=O)NCCn1ccc2ccccc21. The number of carbonyl (C=O) groups excluding carboxylic acids is 1. The quantitative estimate of drug-likeness (QED) is 0.598. The van der Waals surface area contributed by atoms with Gasteiger partial charge in [0.05, 0.1) is 5.69 Å². The largest absolute Gasteiger partial charge is 0.349 e. The van der Waals surface area contributed by atoms with Crippen LogP contribution in [0.5, 0.6) is 0 Å². The highest BCUT2D eigenvalue weighted by Crippen LogP contribution is 2.21. The molecule has 3 heterocycles. The van der Waals surface area contributed by atoms with E-state index < -0.39 is 0 Å². The van der Waals surface area contributed by atoms with Crippen molar-refractivity contribution in [3.8, 4) is 5.13 Å². The monoisotopic (exact) mass is 350 g/mol. The average Bonchev–Trinajstić information content (AvgIpc) is 3.34. The molecule has 1 amide bonds. The number of benzene rings is 1. The summed E-state index contributed by atoms with van der Waals surface area (Å²) in [6, 6.07) is 14.2. The zero-order valence-corrected chi connectivity index (χ0v) is 14.7. The molecule has 4 aromatic rings. The van der Waals surface area contributed by atoms with E-state index in [9.17, 15) is 4.79 Å². The van der Waals surface area contributed by atoms with E-state index in [2.05, 4.69) is 39.3 Å². The molecule has 5 nitrogen and oxygen atoms in total. The van der Waals surface area contributed by atoms with Crippen molar-refractivity contribution in [2.75, 3.05) is 6.54 Å². The molecule has 0 aliphatic rings. The van der Waals surface area contributed by atoms with Gasteiger partial charge in [-0.25, -0.2) is 4.98 Å². The Kier molecular flexibility index (Phi) is 4.11. The molecular formula is C19H18N4OS. The van der Waals surface area contributed by atoms with Crippen molar-refractivity contribution >= 4 is 28.1 Å². The molecule has 25 heavy (non-hydrogen) atoms. The second-order valence-electron chi connectivity index (χ2n) is 5.83. The van der Waals surface area contributed by atoms with Crippen LogP contribution >= 0.6 is 11.3 Å². The van der Waals surface area contributed by atoms with Crippen LogP contribution in [0.2, 0.25) is 0 Å². The minimum atomic E-state index is -0.0649. The Hall–Kier alpha value is -2.86. The number of aryl methyl sites for hydroxylation is 1. The highest BCUT2D eigenvalue weighted by molar-refractivity contribution is 7.16. The molecule has 0 bridgehead atoms. The Morgan fingerprint density at radius 2 is 1.92 bits per heavy atom. The van der Waals surface area contributed by atoms with Gasteiger partial charge in [0.1, 0.15) is 4.88 Å². The minimum Gasteiger partial charge on any atom is -0.349 e. The lowest BCUT2D eigenvalue weighted by molar-refractivity contribution is 0.0955. The van der Waals surface area contributed by atoms with Gasteiger partial charge in [-0.1, -0.05) is 29.5 Å². The van der Waals surface area contributed by atoms with Gasteiger partial charge in [0.2, 0.25) is 0 Å². The zero-order valence-electron chi connectivity index (χ0n) is 13.8. The molecule has 0 unspecified atom stereocenters. The number of nitrogens with zero attached hydrogens (tertiary/aromatic N) is 3. The van der Waals surface area contributed by atoms with Crippen LogP contribution in [0.25, 0.3) is 16.0 Å². The van der Waals surface area contributed by atoms with Crippen LogP contribution in [0.3, 0.4) is 0 Å². The first-order valence-corrected chi connectivity index (χ1v) is 8.97. The van der Waals surface area contributed by atoms with E-state index in [0.29, 0.717) is 11.4 Å². The van der Waals surface area contributed by atoms with Gasteiger partial charge in [-0.3, -0.25) is 4.79 Å². The van der Waals surface area contributed by atoms with E-state index in [1.807, 2.05) is 48.1 Å². The molecule has 1 N–H and O–H groups in total. The number of thiazole rings is 1. The smallest absolute Gasteiger partial charge is 0.263 e. The van der Waals surface area contributed by atoms with Crippen molar-refractivity contribution in [3.63, 3.8) is 0 Å². The van der Waals surface area contributed by atoms with Crippen LogP contribution in [-0.2, 0) is 6.54 Å². The molecule has 126 valence electrons. The summed E-state index contributed by atoms with van der Waals surface area (Å²) in [7, 11) is 0. The van der Waals surface area contributed by atoms with Gasteiger partial charge in [-0.05, 0) is 36.6 Å². The topological polar surface area (TPSA) is 51.9 Å². The third-order valence-electron chi connectivity index (χ3n) is 4.14. The number of amides is 1. The third-order valence-corrected chi connectivity index (χ3v) is 5.30. The van der Waals surface area contributed by atoms with E-state index in [0.717, 1.165) is 17.4 Å². The van der Waals surface area contributed by atoms with Crippen molar-refractivity contribution in [2.45, 2.75) is 13.5 Å². The molecule has 3 aromatic heterocycles. The first-order valence-electron chi connectivity index (χ1n) is 8.15. The second-order valence-corrected chi connectivity index (χ2v) is 6.80. The number of aromatic nitrogens is 3. The number of hydrogen-bond acceptors (Lipinski definition) is 3. The maximum Gasteiger partial charge on any atom is 0.263 e. The predicted molar refractivity (Wildman–Crippen MR) is 100 cm³/mol. The number of para-hydroxylation sites is 1. The number of carbonyl (C=O) groups is 1. The Labute approximate surface area is 149 Å². The van der Waals surface area contributed by atoms with Crippen molar-refractivity contribution in [3.05, 3.63) is 71.6 Å². The summed E-state index contributed by atoms with van der Waals surface area (Å²) in [6.07, 6.45) is 5.91. The standard InChI is InChI=1S/C19H18N4OS/c1-14-17(25-19(21-14)23-10-4-5-11-23)18(24)20-9-13-22-12-8-15-6-2-3-7-16(15)22/h2-8,10-12H,9,13H2,1H3,(H,20,24). The average molecular weight is 350 g/mol. The summed E-state index contributed by atoms with van der Waals surface area (Å²) in [5.74, 6) is -0.0649. The van der Waals surface area contributed by atoms with Gasteiger partial charge < -0.3 is 14.5 Å².